The molecule has 1 aromatic rings. The highest BCUT2D eigenvalue weighted by Crippen LogP contribution is 2.45. The van der Waals surface area contributed by atoms with Gasteiger partial charge in [-0.05, 0) is 24.5 Å². The summed E-state index contributed by atoms with van der Waals surface area (Å²) in [6.45, 7) is 8.76. The molecule has 0 spiro atoms. The topological polar surface area (TPSA) is 29.3 Å². The number of hydrogen-bond acceptors (Lipinski definition) is 3. The van der Waals surface area contributed by atoms with Crippen molar-refractivity contribution >= 4 is 11.7 Å². The summed E-state index contributed by atoms with van der Waals surface area (Å²) < 4.78 is 5.16. The normalized spacial score (nSPS) is 22.8. The van der Waals surface area contributed by atoms with Gasteiger partial charge in [0.05, 0.1) is 12.6 Å². The first-order chi connectivity index (χ1) is 8.46. The van der Waals surface area contributed by atoms with E-state index in [0.717, 1.165) is 5.69 Å². The van der Waals surface area contributed by atoms with Crippen LogP contribution in [0, 0.1) is 5.41 Å². The Bertz CT molecular complexity index is 422. The van der Waals surface area contributed by atoms with Crippen molar-refractivity contribution in [2.75, 3.05) is 11.5 Å². The number of ether oxygens (including phenoxy) is 1. The van der Waals surface area contributed by atoms with Crippen LogP contribution in [0.2, 0.25) is 0 Å². The van der Waals surface area contributed by atoms with E-state index in [-0.39, 0.29) is 23.5 Å². The number of esters is 1. The van der Waals surface area contributed by atoms with Gasteiger partial charge in [0, 0.05) is 5.69 Å². The summed E-state index contributed by atoms with van der Waals surface area (Å²) in [5.74, 6) is -0.110. The summed E-state index contributed by atoms with van der Waals surface area (Å²) >= 11 is 0. The van der Waals surface area contributed by atoms with Crippen molar-refractivity contribution < 1.29 is 9.53 Å². The zero-order chi connectivity index (χ0) is 13.3. The summed E-state index contributed by atoms with van der Waals surface area (Å²) in [5, 5.41) is 0. The molecule has 1 aliphatic heterocycles. The van der Waals surface area contributed by atoms with Gasteiger partial charge < -0.3 is 9.64 Å². The van der Waals surface area contributed by atoms with Crippen molar-refractivity contribution in [3.05, 3.63) is 30.3 Å². The summed E-state index contributed by atoms with van der Waals surface area (Å²) in [4.78, 5) is 14.1. The Morgan fingerprint density at radius 3 is 2.39 bits per heavy atom. The third-order valence-electron chi connectivity index (χ3n) is 3.28. The molecule has 3 heteroatoms. The zero-order valence-corrected chi connectivity index (χ0v) is 11.5. The minimum absolute atomic E-state index is 0.0628. The van der Waals surface area contributed by atoms with Crippen LogP contribution in [0.1, 0.15) is 27.7 Å². The molecule has 0 N–H and O–H groups in total. The fraction of sp³-hybridized carbons (Fsp3) is 0.533. The van der Waals surface area contributed by atoms with Crippen molar-refractivity contribution in [3.8, 4) is 0 Å². The summed E-state index contributed by atoms with van der Waals surface area (Å²) in [6.07, 6.45) is 0. The Balaban J connectivity index is 2.21. The smallest absolute Gasteiger partial charge is 0.330 e. The maximum atomic E-state index is 12.0. The highest BCUT2D eigenvalue weighted by molar-refractivity contribution is 5.88. The van der Waals surface area contributed by atoms with Crippen molar-refractivity contribution in [1.29, 1.82) is 0 Å². The van der Waals surface area contributed by atoms with E-state index in [1.165, 1.54) is 0 Å². The second kappa shape index (κ2) is 4.63. The van der Waals surface area contributed by atoms with Crippen LogP contribution in [-0.4, -0.2) is 24.7 Å². The molecule has 1 aromatic carbocycles. The lowest BCUT2D eigenvalue weighted by Gasteiger charge is -2.18. The molecule has 0 bridgehead atoms. The first-order valence-corrected chi connectivity index (χ1v) is 6.47. The number of para-hydroxylation sites is 1. The first-order valence-electron chi connectivity index (χ1n) is 6.47. The summed E-state index contributed by atoms with van der Waals surface area (Å²) in [7, 11) is 0. The van der Waals surface area contributed by atoms with Gasteiger partial charge >= 0.3 is 5.97 Å². The maximum absolute atomic E-state index is 12.0. The second-order valence-electron chi connectivity index (χ2n) is 5.75. The number of carbonyl (C=O) groups excluding carboxylic acids is 1. The van der Waals surface area contributed by atoms with Crippen LogP contribution < -0.4 is 4.90 Å². The van der Waals surface area contributed by atoms with Gasteiger partial charge in [-0.1, -0.05) is 39.0 Å². The van der Waals surface area contributed by atoms with Crippen LogP contribution in [0.4, 0.5) is 5.69 Å². The Kier molecular flexibility index (Phi) is 3.33. The van der Waals surface area contributed by atoms with Gasteiger partial charge in [-0.15, -0.1) is 0 Å². The largest absolute Gasteiger partial charge is 0.464 e. The molecule has 0 saturated carbocycles. The number of benzene rings is 1. The van der Waals surface area contributed by atoms with E-state index in [1.807, 2.05) is 37.3 Å². The minimum Gasteiger partial charge on any atom is -0.464 e. The number of hydrogen-bond donors (Lipinski definition) is 0. The number of nitrogens with zero attached hydrogens (tertiary/aromatic N) is 1. The average Bonchev–Trinajstić information content (AvgIpc) is 3.05. The molecule has 0 aromatic heterocycles. The maximum Gasteiger partial charge on any atom is 0.330 e. The van der Waals surface area contributed by atoms with E-state index < -0.39 is 0 Å². The van der Waals surface area contributed by atoms with Crippen molar-refractivity contribution in [3.63, 3.8) is 0 Å². The van der Waals surface area contributed by atoms with Crippen molar-refractivity contribution in [1.82, 2.24) is 0 Å². The molecule has 3 nitrogen and oxygen atoms in total. The Hall–Kier alpha value is -1.51. The lowest BCUT2D eigenvalue weighted by atomic mass is 9.90. The SMILES string of the molecule is CCOC(=O)[C@@H]1[C@@H](C(C)(C)C)N1c1ccccc1. The molecule has 18 heavy (non-hydrogen) atoms. The van der Waals surface area contributed by atoms with Crippen LogP contribution in [0.3, 0.4) is 0 Å². The molecule has 0 aliphatic carbocycles. The predicted molar refractivity (Wildman–Crippen MR) is 72.6 cm³/mol. The fourth-order valence-corrected chi connectivity index (χ4v) is 2.51. The molecule has 0 unspecified atom stereocenters. The van der Waals surface area contributed by atoms with E-state index in [2.05, 4.69) is 25.7 Å². The van der Waals surface area contributed by atoms with Gasteiger partial charge in [0.2, 0.25) is 0 Å². The number of rotatable bonds is 3. The fourth-order valence-electron chi connectivity index (χ4n) is 2.51. The average molecular weight is 247 g/mol. The molecule has 2 atom stereocenters. The number of carbonyl (C=O) groups is 1. The van der Waals surface area contributed by atoms with E-state index in [1.54, 1.807) is 0 Å². The highest BCUT2D eigenvalue weighted by atomic mass is 16.5. The standard InChI is InChI=1S/C15H21NO2/c1-5-18-14(17)12-13(15(2,3)4)16(12)11-9-7-6-8-10-11/h6-10,12-13H,5H2,1-4H3/t12-,13-,16?/m0/s1. The van der Waals surface area contributed by atoms with Gasteiger partial charge in [0.25, 0.3) is 0 Å². The van der Waals surface area contributed by atoms with Crippen LogP contribution in [0.15, 0.2) is 30.3 Å². The monoisotopic (exact) mass is 247 g/mol. The quantitative estimate of drug-likeness (QED) is 0.607. The molecule has 1 aliphatic rings. The van der Waals surface area contributed by atoms with E-state index in [9.17, 15) is 4.79 Å². The van der Waals surface area contributed by atoms with Crippen LogP contribution in [-0.2, 0) is 9.53 Å². The van der Waals surface area contributed by atoms with Crippen molar-refractivity contribution in [2.24, 2.45) is 5.41 Å². The zero-order valence-electron chi connectivity index (χ0n) is 11.5. The summed E-state index contributed by atoms with van der Waals surface area (Å²) in [6, 6.07) is 10.1. The van der Waals surface area contributed by atoms with E-state index in [0.29, 0.717) is 6.61 Å². The van der Waals surface area contributed by atoms with Gasteiger partial charge in [-0.2, -0.15) is 0 Å². The molecule has 1 fully saturated rings. The lowest BCUT2D eigenvalue weighted by Crippen LogP contribution is -2.22. The second-order valence-corrected chi connectivity index (χ2v) is 5.75. The molecule has 0 radical (unpaired) electrons. The third-order valence-corrected chi connectivity index (χ3v) is 3.28. The van der Waals surface area contributed by atoms with Gasteiger partial charge in [-0.25, -0.2) is 4.79 Å². The van der Waals surface area contributed by atoms with Gasteiger partial charge in [0.1, 0.15) is 6.04 Å². The summed E-state index contributed by atoms with van der Waals surface area (Å²) in [5.41, 5.74) is 1.16. The molecule has 1 saturated heterocycles. The van der Waals surface area contributed by atoms with Gasteiger partial charge in [-0.3, -0.25) is 0 Å². The third kappa shape index (κ3) is 2.35. The molecule has 0 amide bonds. The molecular formula is C15H21NO2. The molecule has 2 rings (SSSR count). The van der Waals surface area contributed by atoms with Crippen LogP contribution >= 0.6 is 0 Å². The van der Waals surface area contributed by atoms with Crippen molar-refractivity contribution in [2.45, 2.75) is 39.8 Å². The Morgan fingerprint density at radius 1 is 1.28 bits per heavy atom. The molecule has 98 valence electrons. The van der Waals surface area contributed by atoms with Gasteiger partial charge in [0.15, 0.2) is 0 Å². The van der Waals surface area contributed by atoms with Crippen LogP contribution in [0.25, 0.3) is 0 Å². The highest BCUT2D eigenvalue weighted by Gasteiger charge is 2.58. The number of anilines is 1. The molecule has 1 heterocycles. The lowest BCUT2D eigenvalue weighted by molar-refractivity contribution is -0.142. The minimum atomic E-state index is -0.132. The Morgan fingerprint density at radius 2 is 1.89 bits per heavy atom. The van der Waals surface area contributed by atoms with Crippen LogP contribution in [0.5, 0.6) is 0 Å². The van der Waals surface area contributed by atoms with E-state index >= 15 is 0 Å². The predicted octanol–water partition coefficient (Wildman–Crippen LogP) is 2.85. The molecular weight excluding hydrogens is 226 g/mol. The Labute approximate surface area is 109 Å². The first kappa shape index (κ1) is 12.9. The van der Waals surface area contributed by atoms with E-state index in [4.69, 9.17) is 4.74 Å².